The number of hydrogen-bond acceptors (Lipinski definition) is 4. The van der Waals surface area contributed by atoms with E-state index in [-0.39, 0.29) is 0 Å². The summed E-state index contributed by atoms with van der Waals surface area (Å²) in [6.07, 6.45) is 1.61. The molecule has 1 aromatic heterocycles. The molecular formula is C8H8N2OS. The molecule has 4 heteroatoms. The lowest BCUT2D eigenvalue weighted by Crippen LogP contribution is -1.80. The van der Waals surface area contributed by atoms with Gasteiger partial charge in [0.05, 0.1) is 16.7 Å². The van der Waals surface area contributed by atoms with E-state index < -0.39 is 0 Å². The van der Waals surface area contributed by atoms with Crippen LogP contribution in [0.1, 0.15) is 17.4 Å². The highest BCUT2D eigenvalue weighted by Gasteiger charge is 1.94. The second-order valence-electron chi connectivity index (χ2n) is 2.00. The van der Waals surface area contributed by atoms with E-state index in [1.807, 2.05) is 13.0 Å². The fraction of sp³-hybridized carbons (Fsp3) is 0.250. The van der Waals surface area contributed by atoms with Gasteiger partial charge < -0.3 is 4.84 Å². The smallest absolute Gasteiger partial charge is 0.114 e. The van der Waals surface area contributed by atoms with Crippen LogP contribution in [0.2, 0.25) is 0 Å². The van der Waals surface area contributed by atoms with E-state index >= 15 is 0 Å². The third-order valence-electron chi connectivity index (χ3n) is 1.13. The minimum absolute atomic E-state index is 0.562. The Morgan fingerprint density at radius 3 is 3.25 bits per heavy atom. The minimum Gasteiger partial charge on any atom is -0.396 e. The van der Waals surface area contributed by atoms with Crippen molar-refractivity contribution in [3.05, 3.63) is 21.9 Å². The first kappa shape index (κ1) is 8.75. The molecule has 0 aliphatic carbocycles. The van der Waals surface area contributed by atoms with Crippen molar-refractivity contribution in [1.82, 2.24) is 0 Å². The van der Waals surface area contributed by atoms with Gasteiger partial charge in [0.25, 0.3) is 0 Å². The Kier molecular flexibility index (Phi) is 3.30. The molecular weight excluding hydrogens is 172 g/mol. The zero-order valence-corrected chi connectivity index (χ0v) is 7.47. The van der Waals surface area contributed by atoms with E-state index in [2.05, 4.69) is 5.16 Å². The first-order valence-electron chi connectivity index (χ1n) is 3.50. The Morgan fingerprint density at radius 2 is 2.67 bits per heavy atom. The highest BCUT2D eigenvalue weighted by atomic mass is 32.1. The van der Waals surface area contributed by atoms with Gasteiger partial charge in [-0.05, 0) is 13.0 Å². The topological polar surface area (TPSA) is 45.4 Å². The number of thiophene rings is 1. The monoisotopic (exact) mass is 180 g/mol. The van der Waals surface area contributed by atoms with Crippen molar-refractivity contribution in [2.75, 3.05) is 6.61 Å². The van der Waals surface area contributed by atoms with Crippen molar-refractivity contribution in [2.45, 2.75) is 6.92 Å². The second-order valence-corrected chi connectivity index (χ2v) is 2.94. The van der Waals surface area contributed by atoms with Gasteiger partial charge in [0.1, 0.15) is 12.7 Å². The Labute approximate surface area is 74.9 Å². The molecule has 0 aromatic carbocycles. The molecule has 0 aliphatic heterocycles. The summed E-state index contributed by atoms with van der Waals surface area (Å²) in [5.41, 5.74) is 0.665. The molecule has 12 heavy (non-hydrogen) atoms. The molecule has 0 N–H and O–H groups in total. The van der Waals surface area contributed by atoms with Crippen LogP contribution in [0.3, 0.4) is 0 Å². The normalized spacial score (nSPS) is 10.0. The van der Waals surface area contributed by atoms with Crippen LogP contribution in [0.15, 0.2) is 16.6 Å². The first-order chi connectivity index (χ1) is 5.86. The lowest BCUT2D eigenvalue weighted by Gasteiger charge is -1.87. The standard InChI is InChI=1S/C8H8N2OS/c1-2-11-10-5-8-3-7(4-9)6-12-8/h3,5-6H,2H2,1H3/b10-5+. The van der Waals surface area contributed by atoms with Gasteiger partial charge in [-0.2, -0.15) is 5.26 Å². The summed E-state index contributed by atoms with van der Waals surface area (Å²) in [6, 6.07) is 3.82. The fourth-order valence-electron chi connectivity index (χ4n) is 0.643. The Hall–Kier alpha value is -1.34. The molecule has 3 nitrogen and oxygen atoms in total. The van der Waals surface area contributed by atoms with Crippen molar-refractivity contribution < 1.29 is 4.84 Å². The van der Waals surface area contributed by atoms with E-state index in [1.54, 1.807) is 17.7 Å². The van der Waals surface area contributed by atoms with Crippen molar-refractivity contribution in [2.24, 2.45) is 5.16 Å². The molecule has 0 atom stereocenters. The molecule has 0 saturated heterocycles. The molecule has 0 spiro atoms. The van der Waals surface area contributed by atoms with Crippen LogP contribution < -0.4 is 0 Å². The first-order valence-corrected chi connectivity index (χ1v) is 4.38. The van der Waals surface area contributed by atoms with Gasteiger partial charge in [-0.1, -0.05) is 5.16 Å². The minimum atomic E-state index is 0.562. The largest absolute Gasteiger partial charge is 0.396 e. The molecule has 1 aromatic rings. The number of nitriles is 1. The summed E-state index contributed by atoms with van der Waals surface area (Å²) >= 11 is 1.47. The summed E-state index contributed by atoms with van der Waals surface area (Å²) in [7, 11) is 0. The van der Waals surface area contributed by atoms with E-state index in [4.69, 9.17) is 10.1 Å². The molecule has 0 fully saturated rings. The summed E-state index contributed by atoms with van der Waals surface area (Å²) in [5, 5.41) is 14.0. The fourth-order valence-corrected chi connectivity index (χ4v) is 1.33. The van der Waals surface area contributed by atoms with Crippen molar-refractivity contribution in [3.63, 3.8) is 0 Å². The average molecular weight is 180 g/mol. The van der Waals surface area contributed by atoms with Crippen LogP contribution in [0.5, 0.6) is 0 Å². The van der Waals surface area contributed by atoms with Gasteiger partial charge in [-0.25, -0.2) is 0 Å². The van der Waals surface area contributed by atoms with Crippen LogP contribution in [0, 0.1) is 11.3 Å². The third-order valence-corrected chi connectivity index (χ3v) is 2.00. The third kappa shape index (κ3) is 2.36. The molecule has 0 amide bonds. The van der Waals surface area contributed by atoms with Gasteiger partial charge in [0, 0.05) is 5.38 Å². The Balaban J connectivity index is 2.59. The van der Waals surface area contributed by atoms with Crippen molar-refractivity contribution in [3.8, 4) is 6.07 Å². The molecule has 0 radical (unpaired) electrons. The van der Waals surface area contributed by atoms with E-state index in [0.717, 1.165) is 4.88 Å². The van der Waals surface area contributed by atoms with Crippen LogP contribution in [0.4, 0.5) is 0 Å². The van der Waals surface area contributed by atoms with Crippen LogP contribution in [-0.2, 0) is 4.84 Å². The summed E-state index contributed by atoms with van der Waals surface area (Å²) < 4.78 is 0. The number of oxime groups is 1. The molecule has 1 heterocycles. The molecule has 0 bridgehead atoms. The maximum absolute atomic E-state index is 8.50. The van der Waals surface area contributed by atoms with Crippen molar-refractivity contribution >= 4 is 17.6 Å². The predicted molar refractivity (Wildman–Crippen MR) is 48.3 cm³/mol. The lowest BCUT2D eigenvalue weighted by atomic mass is 10.3. The quantitative estimate of drug-likeness (QED) is 0.527. The molecule has 62 valence electrons. The lowest BCUT2D eigenvalue weighted by molar-refractivity contribution is 0.160. The second kappa shape index (κ2) is 4.52. The molecule has 0 aliphatic rings. The number of nitrogens with zero attached hydrogens (tertiary/aromatic N) is 2. The highest BCUT2D eigenvalue weighted by Crippen LogP contribution is 2.11. The Morgan fingerprint density at radius 1 is 1.83 bits per heavy atom. The number of rotatable bonds is 3. The predicted octanol–water partition coefficient (Wildman–Crippen LogP) is 1.99. The molecule has 1 rings (SSSR count). The summed E-state index contributed by atoms with van der Waals surface area (Å²) in [4.78, 5) is 5.70. The zero-order chi connectivity index (χ0) is 8.81. The zero-order valence-electron chi connectivity index (χ0n) is 6.65. The van der Waals surface area contributed by atoms with E-state index in [9.17, 15) is 0 Å². The van der Waals surface area contributed by atoms with Gasteiger partial charge >= 0.3 is 0 Å². The van der Waals surface area contributed by atoms with Gasteiger partial charge in [0.15, 0.2) is 0 Å². The van der Waals surface area contributed by atoms with E-state index in [1.165, 1.54) is 11.3 Å². The number of hydrogen-bond donors (Lipinski definition) is 0. The molecule has 0 saturated carbocycles. The van der Waals surface area contributed by atoms with Gasteiger partial charge in [-0.3, -0.25) is 0 Å². The Bertz CT molecular complexity index is 311. The SMILES string of the molecule is CCO/N=C/c1cc(C#N)cs1. The van der Waals surface area contributed by atoms with Crippen molar-refractivity contribution in [1.29, 1.82) is 5.26 Å². The van der Waals surface area contributed by atoms with Gasteiger partial charge in [-0.15, -0.1) is 11.3 Å². The highest BCUT2D eigenvalue weighted by molar-refractivity contribution is 7.11. The molecule has 0 unspecified atom stereocenters. The van der Waals surface area contributed by atoms with Crippen LogP contribution in [0.25, 0.3) is 0 Å². The van der Waals surface area contributed by atoms with Crippen LogP contribution in [-0.4, -0.2) is 12.8 Å². The summed E-state index contributed by atoms with van der Waals surface area (Å²) in [6.45, 7) is 2.43. The van der Waals surface area contributed by atoms with Crippen LogP contribution >= 0.6 is 11.3 Å². The van der Waals surface area contributed by atoms with E-state index in [0.29, 0.717) is 12.2 Å². The maximum Gasteiger partial charge on any atom is 0.114 e. The van der Waals surface area contributed by atoms with Gasteiger partial charge in [0.2, 0.25) is 0 Å². The average Bonchev–Trinajstić information content (AvgIpc) is 2.53. The summed E-state index contributed by atoms with van der Waals surface area (Å²) in [5.74, 6) is 0. The maximum atomic E-state index is 8.50.